The zero-order valence-corrected chi connectivity index (χ0v) is 19.0. The highest BCUT2D eigenvalue weighted by Gasteiger charge is 2.10. The van der Waals surface area contributed by atoms with Gasteiger partial charge in [-0.2, -0.15) is 0 Å². The first-order chi connectivity index (χ1) is 14.5. The van der Waals surface area contributed by atoms with Gasteiger partial charge in [-0.05, 0) is 54.5 Å². The summed E-state index contributed by atoms with van der Waals surface area (Å²) in [5.41, 5.74) is 3.35. The molecule has 30 heavy (non-hydrogen) atoms. The second kappa shape index (κ2) is 10.3. The minimum absolute atomic E-state index is 0.267. The zero-order chi connectivity index (χ0) is 21.5. The van der Waals surface area contributed by atoms with E-state index in [0.717, 1.165) is 21.2 Å². The summed E-state index contributed by atoms with van der Waals surface area (Å²) in [6.07, 6.45) is 3.15. The maximum atomic E-state index is 12.3. The molecule has 154 valence electrons. The fourth-order valence-electron chi connectivity index (χ4n) is 2.74. The number of benzene rings is 3. The molecular formula is C24H21BrClNO3. The quantitative estimate of drug-likeness (QED) is 0.380. The average Bonchev–Trinajstić information content (AvgIpc) is 2.74. The number of nitrogens with one attached hydrogen (secondary N) is 1. The number of rotatable bonds is 7. The lowest BCUT2D eigenvalue weighted by Crippen LogP contribution is -2.07. The maximum absolute atomic E-state index is 12.3. The maximum Gasteiger partial charge on any atom is 0.248 e. The zero-order valence-electron chi connectivity index (χ0n) is 16.6. The number of amides is 1. The average molecular weight is 487 g/mol. The van der Waals surface area contributed by atoms with Gasteiger partial charge in [0.2, 0.25) is 5.91 Å². The van der Waals surface area contributed by atoms with Crippen LogP contribution < -0.4 is 14.8 Å². The third kappa shape index (κ3) is 5.88. The van der Waals surface area contributed by atoms with Gasteiger partial charge in [0.15, 0.2) is 11.5 Å². The van der Waals surface area contributed by atoms with E-state index in [0.29, 0.717) is 28.8 Å². The molecule has 0 aliphatic carbocycles. The molecule has 0 radical (unpaired) electrons. The number of ether oxygens (including phenoxy) is 2. The largest absolute Gasteiger partial charge is 0.493 e. The van der Waals surface area contributed by atoms with Gasteiger partial charge in [0.05, 0.1) is 7.11 Å². The second-order valence-electron chi connectivity index (χ2n) is 6.58. The van der Waals surface area contributed by atoms with Crippen molar-refractivity contribution in [3.63, 3.8) is 0 Å². The van der Waals surface area contributed by atoms with Crippen LogP contribution >= 0.6 is 27.5 Å². The van der Waals surface area contributed by atoms with Gasteiger partial charge in [-0.25, -0.2) is 0 Å². The van der Waals surface area contributed by atoms with E-state index in [9.17, 15) is 4.79 Å². The second-order valence-corrected chi connectivity index (χ2v) is 7.90. The Balaban J connectivity index is 1.74. The summed E-state index contributed by atoms with van der Waals surface area (Å²) in [4.78, 5) is 12.3. The van der Waals surface area contributed by atoms with Gasteiger partial charge in [0.1, 0.15) is 6.61 Å². The molecule has 0 bridgehead atoms. The van der Waals surface area contributed by atoms with Crippen molar-refractivity contribution in [3.8, 4) is 11.5 Å². The van der Waals surface area contributed by atoms with Gasteiger partial charge in [0, 0.05) is 26.8 Å². The van der Waals surface area contributed by atoms with Crippen molar-refractivity contribution < 1.29 is 14.3 Å². The summed E-state index contributed by atoms with van der Waals surface area (Å²) < 4.78 is 12.5. The summed E-state index contributed by atoms with van der Waals surface area (Å²) in [5.74, 6) is 0.905. The van der Waals surface area contributed by atoms with Crippen LogP contribution in [0.4, 0.5) is 5.69 Å². The molecule has 0 spiro atoms. The number of para-hydroxylation sites is 1. The fraction of sp³-hybridized carbons (Fsp3) is 0.125. The number of methoxy groups -OCH3 is 1. The Labute approximate surface area is 189 Å². The Morgan fingerprint density at radius 3 is 2.60 bits per heavy atom. The molecule has 0 aliphatic heterocycles. The number of carbonyl (C=O) groups is 1. The van der Waals surface area contributed by atoms with Crippen molar-refractivity contribution in [3.05, 3.63) is 92.9 Å². The molecule has 0 aliphatic rings. The van der Waals surface area contributed by atoms with Crippen LogP contribution in [0.25, 0.3) is 6.08 Å². The molecule has 0 unspecified atom stereocenters. The first-order valence-corrected chi connectivity index (χ1v) is 10.4. The number of hydrogen-bond acceptors (Lipinski definition) is 3. The summed E-state index contributed by atoms with van der Waals surface area (Å²) in [6, 6.07) is 18.8. The van der Waals surface area contributed by atoms with Crippen LogP contribution in [0.5, 0.6) is 11.5 Å². The minimum atomic E-state index is -0.267. The molecule has 6 heteroatoms. The topological polar surface area (TPSA) is 47.6 Å². The lowest BCUT2D eigenvalue weighted by Gasteiger charge is -2.13. The lowest BCUT2D eigenvalue weighted by atomic mass is 10.1. The highest BCUT2D eigenvalue weighted by atomic mass is 79.9. The lowest BCUT2D eigenvalue weighted by molar-refractivity contribution is -0.111. The summed E-state index contributed by atoms with van der Waals surface area (Å²) in [5, 5.41) is 3.41. The number of anilines is 1. The predicted octanol–water partition coefficient (Wildman–Crippen LogP) is 6.65. The predicted molar refractivity (Wildman–Crippen MR) is 125 cm³/mol. The van der Waals surface area contributed by atoms with E-state index in [1.807, 2.05) is 61.5 Å². The molecule has 1 N–H and O–H groups in total. The van der Waals surface area contributed by atoms with Crippen LogP contribution in [-0.2, 0) is 11.4 Å². The van der Waals surface area contributed by atoms with E-state index in [-0.39, 0.29) is 5.91 Å². The Morgan fingerprint density at radius 2 is 1.90 bits per heavy atom. The van der Waals surface area contributed by atoms with E-state index in [2.05, 4.69) is 21.2 Å². The number of hydrogen-bond donors (Lipinski definition) is 1. The Hall–Kier alpha value is -2.76. The molecule has 0 atom stereocenters. The van der Waals surface area contributed by atoms with E-state index in [1.54, 1.807) is 19.3 Å². The third-order valence-electron chi connectivity index (χ3n) is 4.38. The normalized spacial score (nSPS) is 10.8. The van der Waals surface area contributed by atoms with E-state index < -0.39 is 0 Å². The first-order valence-electron chi connectivity index (χ1n) is 9.25. The van der Waals surface area contributed by atoms with Crippen LogP contribution in [0.2, 0.25) is 5.02 Å². The molecule has 0 aromatic heterocycles. The smallest absolute Gasteiger partial charge is 0.248 e. The Bertz CT molecular complexity index is 1060. The van der Waals surface area contributed by atoms with Crippen molar-refractivity contribution >= 4 is 45.2 Å². The Kier molecular flexibility index (Phi) is 7.55. The number of carbonyl (C=O) groups excluding carboxylic acids is 1. The van der Waals surface area contributed by atoms with Crippen LogP contribution in [0, 0.1) is 6.92 Å². The molecule has 4 nitrogen and oxygen atoms in total. The first kappa shape index (κ1) is 21.9. The van der Waals surface area contributed by atoms with Crippen LogP contribution in [0.3, 0.4) is 0 Å². The van der Waals surface area contributed by atoms with Gasteiger partial charge in [-0.3, -0.25) is 4.79 Å². The molecule has 3 rings (SSSR count). The van der Waals surface area contributed by atoms with Gasteiger partial charge in [-0.1, -0.05) is 57.9 Å². The summed E-state index contributed by atoms with van der Waals surface area (Å²) in [7, 11) is 1.59. The number of halogens is 2. The molecule has 3 aromatic carbocycles. The molecule has 0 saturated carbocycles. The Morgan fingerprint density at radius 1 is 1.13 bits per heavy atom. The summed E-state index contributed by atoms with van der Waals surface area (Å²) >= 11 is 9.54. The van der Waals surface area contributed by atoms with Crippen LogP contribution in [-0.4, -0.2) is 13.0 Å². The highest BCUT2D eigenvalue weighted by Crippen LogP contribution is 2.33. The monoisotopic (exact) mass is 485 g/mol. The van der Waals surface area contributed by atoms with E-state index >= 15 is 0 Å². The van der Waals surface area contributed by atoms with Gasteiger partial charge in [0.25, 0.3) is 0 Å². The van der Waals surface area contributed by atoms with E-state index in [1.165, 1.54) is 6.08 Å². The highest BCUT2D eigenvalue weighted by molar-refractivity contribution is 9.10. The number of aryl methyl sites for hydroxylation is 1. The molecule has 3 aromatic rings. The molecular weight excluding hydrogens is 466 g/mol. The van der Waals surface area contributed by atoms with Crippen molar-refractivity contribution in [2.45, 2.75) is 13.5 Å². The van der Waals surface area contributed by atoms with Gasteiger partial charge < -0.3 is 14.8 Å². The molecule has 0 fully saturated rings. The van der Waals surface area contributed by atoms with Gasteiger partial charge >= 0.3 is 0 Å². The fourth-order valence-corrected chi connectivity index (χ4v) is 3.18. The minimum Gasteiger partial charge on any atom is -0.493 e. The van der Waals surface area contributed by atoms with Crippen molar-refractivity contribution in [1.29, 1.82) is 0 Å². The summed E-state index contributed by atoms with van der Waals surface area (Å²) in [6.45, 7) is 2.29. The van der Waals surface area contributed by atoms with Crippen LogP contribution in [0.1, 0.15) is 16.7 Å². The molecule has 0 saturated heterocycles. The molecule has 1 amide bonds. The van der Waals surface area contributed by atoms with Crippen molar-refractivity contribution in [1.82, 2.24) is 0 Å². The van der Waals surface area contributed by atoms with E-state index in [4.69, 9.17) is 21.1 Å². The van der Waals surface area contributed by atoms with Crippen molar-refractivity contribution in [2.75, 3.05) is 12.4 Å². The van der Waals surface area contributed by atoms with Gasteiger partial charge in [-0.15, -0.1) is 0 Å². The SMILES string of the molecule is COc1cccc(/C=C/C(=O)Nc2ccc(C)c(Cl)c2)c1OCc1ccc(Br)cc1. The molecule has 0 heterocycles. The van der Waals surface area contributed by atoms with Crippen molar-refractivity contribution in [2.24, 2.45) is 0 Å². The standard InChI is InChI=1S/C24H21BrClNO3/c1-16-6-12-20(14-21(16)26)27-23(28)13-9-18-4-3-5-22(29-2)24(18)30-15-17-7-10-19(25)11-8-17/h3-14H,15H2,1-2H3,(H,27,28)/b13-9+. The van der Waals surface area contributed by atoms with Crippen LogP contribution in [0.15, 0.2) is 71.2 Å². The third-order valence-corrected chi connectivity index (χ3v) is 5.32.